The third-order valence-corrected chi connectivity index (χ3v) is 3.80. The van der Waals surface area contributed by atoms with Crippen LogP contribution in [0.1, 0.15) is 0 Å². The minimum absolute atomic E-state index is 0.0197. The zero-order valence-electron chi connectivity index (χ0n) is 12.7. The van der Waals surface area contributed by atoms with E-state index in [4.69, 9.17) is 6.42 Å². The van der Waals surface area contributed by atoms with Crippen LogP contribution in [-0.2, 0) is 11.3 Å². The average Bonchev–Trinajstić information content (AvgIpc) is 2.54. The lowest BCUT2D eigenvalue weighted by atomic mass is 10.1. The topological polar surface area (TPSA) is 74.7 Å². The molecular formula is C16H13FN4O3. The molecular weight excluding hydrogens is 315 g/mol. The Kier molecular flexibility index (Phi) is 3.69. The number of nitrogens with zero attached hydrogens (tertiary/aromatic N) is 3. The van der Waals surface area contributed by atoms with Gasteiger partial charge in [-0.1, -0.05) is 5.92 Å². The van der Waals surface area contributed by atoms with E-state index in [0.717, 1.165) is 9.91 Å². The highest BCUT2D eigenvalue weighted by Gasteiger charge is 2.29. The summed E-state index contributed by atoms with van der Waals surface area (Å²) in [7, 11) is 1.33. The predicted octanol–water partition coefficient (Wildman–Crippen LogP) is 0.677. The molecule has 0 saturated carbocycles. The Morgan fingerprint density at radius 1 is 1.29 bits per heavy atom. The first-order valence-electron chi connectivity index (χ1n) is 7.03. The van der Waals surface area contributed by atoms with Crippen LogP contribution in [0.2, 0.25) is 0 Å². The number of urea groups is 1. The van der Waals surface area contributed by atoms with Gasteiger partial charge in [-0.3, -0.25) is 24.1 Å². The molecule has 1 fully saturated rings. The Bertz CT molecular complexity index is 942. The molecule has 0 unspecified atom stereocenters. The predicted molar refractivity (Wildman–Crippen MR) is 85.6 cm³/mol. The fraction of sp³-hybridized carbons (Fsp3) is 0.188. The van der Waals surface area contributed by atoms with Crippen molar-refractivity contribution in [2.75, 3.05) is 18.6 Å². The van der Waals surface area contributed by atoms with Crippen molar-refractivity contribution in [2.24, 2.45) is 0 Å². The lowest BCUT2D eigenvalue weighted by molar-refractivity contribution is -0.126. The van der Waals surface area contributed by atoms with Crippen LogP contribution < -0.4 is 16.0 Å². The molecule has 3 rings (SSSR count). The van der Waals surface area contributed by atoms with E-state index in [-0.39, 0.29) is 24.3 Å². The molecule has 1 aromatic heterocycles. The first-order valence-corrected chi connectivity index (χ1v) is 7.03. The number of hydrogen-bond acceptors (Lipinski definition) is 4. The zero-order chi connectivity index (χ0) is 17.4. The van der Waals surface area contributed by atoms with Crippen LogP contribution in [0.15, 0.2) is 29.1 Å². The number of anilines is 1. The summed E-state index contributed by atoms with van der Waals surface area (Å²) in [6, 6.07) is 4.75. The minimum Gasteiger partial charge on any atom is -0.297 e. The summed E-state index contributed by atoms with van der Waals surface area (Å²) in [5.74, 6) is 1.26. The Morgan fingerprint density at radius 3 is 2.71 bits per heavy atom. The number of nitrogens with one attached hydrogen (secondary N) is 1. The van der Waals surface area contributed by atoms with Crippen molar-refractivity contribution in [2.45, 2.75) is 6.54 Å². The third kappa shape index (κ3) is 2.46. The lowest BCUT2D eigenvalue weighted by Gasteiger charge is -2.33. The molecule has 24 heavy (non-hydrogen) atoms. The molecule has 2 heterocycles. The lowest BCUT2D eigenvalue weighted by Crippen LogP contribution is -2.59. The number of terminal acetylenes is 1. The van der Waals surface area contributed by atoms with Gasteiger partial charge in [-0.05, 0) is 18.2 Å². The molecule has 0 bridgehead atoms. The smallest absolute Gasteiger partial charge is 0.297 e. The van der Waals surface area contributed by atoms with Gasteiger partial charge in [0.05, 0.1) is 17.7 Å². The molecule has 0 radical (unpaired) electrons. The number of rotatable bonds is 2. The molecule has 1 N–H and O–H groups in total. The molecule has 7 nitrogen and oxygen atoms in total. The summed E-state index contributed by atoms with van der Waals surface area (Å²) in [5, 5.41) is 1.59. The third-order valence-electron chi connectivity index (χ3n) is 3.80. The van der Waals surface area contributed by atoms with Crippen molar-refractivity contribution in [3.8, 4) is 12.3 Å². The van der Waals surface area contributed by atoms with E-state index < -0.39 is 17.8 Å². The number of halogens is 1. The molecule has 0 spiro atoms. The Hall–Kier alpha value is -3.34. The second-order valence-electron chi connectivity index (χ2n) is 5.28. The number of carbonyl (C=O) groups is 2. The molecule has 2 aromatic rings. The van der Waals surface area contributed by atoms with Gasteiger partial charge in [-0.15, -0.1) is 6.42 Å². The van der Waals surface area contributed by atoms with Crippen LogP contribution in [0.5, 0.6) is 0 Å². The van der Waals surface area contributed by atoms with Gasteiger partial charge in [0.1, 0.15) is 12.4 Å². The van der Waals surface area contributed by atoms with E-state index in [1.165, 1.54) is 35.9 Å². The fourth-order valence-corrected chi connectivity index (χ4v) is 2.49. The van der Waals surface area contributed by atoms with Gasteiger partial charge in [-0.25, -0.2) is 14.6 Å². The van der Waals surface area contributed by atoms with E-state index in [2.05, 4.69) is 11.3 Å². The highest BCUT2D eigenvalue weighted by atomic mass is 19.1. The first kappa shape index (κ1) is 15.6. The monoisotopic (exact) mass is 328 g/mol. The van der Waals surface area contributed by atoms with Crippen molar-refractivity contribution in [3.63, 3.8) is 0 Å². The molecule has 3 amide bonds. The van der Waals surface area contributed by atoms with Gasteiger partial charge in [-0.2, -0.15) is 0 Å². The number of pyridine rings is 1. The van der Waals surface area contributed by atoms with Crippen molar-refractivity contribution < 1.29 is 14.0 Å². The second-order valence-corrected chi connectivity index (χ2v) is 5.28. The van der Waals surface area contributed by atoms with Gasteiger partial charge in [0.25, 0.3) is 11.5 Å². The maximum atomic E-state index is 14.4. The van der Waals surface area contributed by atoms with Crippen LogP contribution in [0.25, 0.3) is 10.9 Å². The van der Waals surface area contributed by atoms with Crippen molar-refractivity contribution in [3.05, 3.63) is 40.4 Å². The van der Waals surface area contributed by atoms with E-state index >= 15 is 0 Å². The molecule has 8 heteroatoms. The number of imide groups is 1. The maximum Gasteiger partial charge on any atom is 0.342 e. The van der Waals surface area contributed by atoms with Gasteiger partial charge < -0.3 is 0 Å². The highest BCUT2D eigenvalue weighted by molar-refractivity contribution is 6.00. The van der Waals surface area contributed by atoms with Crippen LogP contribution in [0.3, 0.4) is 0 Å². The van der Waals surface area contributed by atoms with Crippen LogP contribution in [0.4, 0.5) is 14.9 Å². The second kappa shape index (κ2) is 5.70. The van der Waals surface area contributed by atoms with Gasteiger partial charge in [0, 0.05) is 18.5 Å². The van der Waals surface area contributed by atoms with Crippen molar-refractivity contribution in [1.29, 1.82) is 0 Å². The quantitative estimate of drug-likeness (QED) is 0.823. The summed E-state index contributed by atoms with van der Waals surface area (Å²) in [6.07, 6.45) is 5.28. The molecule has 0 aliphatic carbocycles. The SMILES string of the molecule is C#CCn1c(=O)ccc2cc(F)c(N3CC(=O)N(C)C(=O)N3)cc21. The molecule has 1 aliphatic rings. The number of hydrazine groups is 1. The summed E-state index contributed by atoms with van der Waals surface area (Å²) in [4.78, 5) is 36.4. The minimum atomic E-state index is -0.667. The number of carbonyl (C=O) groups excluding carboxylic acids is 2. The van der Waals surface area contributed by atoms with Gasteiger partial charge in [0.2, 0.25) is 0 Å². The number of hydrogen-bond donors (Lipinski definition) is 1. The average molecular weight is 328 g/mol. The first-order chi connectivity index (χ1) is 11.4. The number of fused-ring (bicyclic) bond motifs is 1. The number of aromatic nitrogens is 1. The highest BCUT2D eigenvalue weighted by Crippen LogP contribution is 2.25. The van der Waals surface area contributed by atoms with Crippen molar-refractivity contribution in [1.82, 2.24) is 14.9 Å². The van der Waals surface area contributed by atoms with Gasteiger partial charge >= 0.3 is 6.03 Å². The summed E-state index contributed by atoms with van der Waals surface area (Å²) < 4.78 is 15.7. The van der Waals surface area contributed by atoms with E-state index in [0.29, 0.717) is 10.9 Å². The van der Waals surface area contributed by atoms with Crippen molar-refractivity contribution >= 4 is 28.5 Å². The van der Waals surface area contributed by atoms with Gasteiger partial charge in [0.15, 0.2) is 0 Å². The maximum absolute atomic E-state index is 14.4. The molecule has 0 atom stereocenters. The molecule has 1 saturated heterocycles. The standard InChI is InChI=1S/C16H13FN4O3/c1-3-6-20-12-8-13(11(17)7-10(12)4-5-14(20)22)21-9-15(23)19(2)16(24)18-21/h1,4-5,7-8H,6,9H2,2H3,(H,18,24). The van der Waals surface area contributed by atoms with E-state index in [1.807, 2.05) is 0 Å². The summed E-state index contributed by atoms with van der Waals surface area (Å²) >= 11 is 0. The summed E-state index contributed by atoms with van der Waals surface area (Å²) in [6.45, 7) is -0.202. The number of amides is 3. The molecule has 1 aromatic carbocycles. The van der Waals surface area contributed by atoms with E-state index in [1.54, 1.807) is 0 Å². The van der Waals surface area contributed by atoms with Crippen LogP contribution >= 0.6 is 0 Å². The molecule has 1 aliphatic heterocycles. The Labute approximate surface area is 136 Å². The van der Waals surface area contributed by atoms with Crippen LogP contribution in [0, 0.1) is 18.2 Å². The molecule has 122 valence electrons. The normalized spacial score (nSPS) is 14.7. The van der Waals surface area contributed by atoms with E-state index in [9.17, 15) is 18.8 Å². The fourth-order valence-electron chi connectivity index (χ4n) is 2.49. The largest absolute Gasteiger partial charge is 0.342 e. The summed E-state index contributed by atoms with van der Waals surface area (Å²) in [5.41, 5.74) is 2.49. The Balaban J connectivity index is 2.15. The Morgan fingerprint density at radius 2 is 2.04 bits per heavy atom. The van der Waals surface area contributed by atoms with Crippen LogP contribution in [-0.4, -0.2) is 35.0 Å². The zero-order valence-corrected chi connectivity index (χ0v) is 12.7. The number of likely N-dealkylation sites (N-methyl/N-ethyl adjacent to an activating group) is 1. The number of benzene rings is 1.